The van der Waals surface area contributed by atoms with Gasteiger partial charge in [-0.25, -0.2) is 0 Å². The topological polar surface area (TPSA) is 70.8 Å². The van der Waals surface area contributed by atoms with E-state index in [0.29, 0.717) is 0 Å². The minimum Gasteiger partial charge on any atom is -0.468 e. The van der Waals surface area contributed by atoms with Crippen molar-refractivity contribution in [1.82, 2.24) is 0 Å². The van der Waals surface area contributed by atoms with Gasteiger partial charge >= 0.3 is 5.97 Å². The molecule has 0 bridgehead atoms. The highest BCUT2D eigenvalue weighted by Gasteiger charge is 2.40. The highest BCUT2D eigenvalue weighted by atomic mass is 16.7. The molecular weight excluding hydrogens is 186 g/mol. The summed E-state index contributed by atoms with van der Waals surface area (Å²) in [5.74, 6) is -0.478. The first-order valence-electron chi connectivity index (χ1n) is 4.30. The Morgan fingerprint density at radius 3 is 1.93 bits per heavy atom. The fraction of sp³-hybridized carbons (Fsp3) is 0.889. The summed E-state index contributed by atoms with van der Waals surface area (Å²) in [4.78, 5) is 11.2. The predicted octanol–water partition coefficient (Wildman–Crippen LogP) is 0.132. The Hall–Kier alpha value is -0.650. The van der Waals surface area contributed by atoms with Crippen molar-refractivity contribution >= 4 is 5.97 Å². The number of nitrogens with two attached hydrogens (primary N) is 1. The normalized spacial score (nSPS) is 14.2. The van der Waals surface area contributed by atoms with Crippen molar-refractivity contribution in [2.75, 3.05) is 21.3 Å². The average Bonchev–Trinajstić information content (AvgIpc) is 2.16. The molecule has 5 nitrogen and oxygen atoms in total. The Morgan fingerprint density at radius 1 is 1.21 bits per heavy atom. The van der Waals surface area contributed by atoms with Crippen LogP contribution in [0.2, 0.25) is 0 Å². The zero-order valence-electron chi connectivity index (χ0n) is 9.37. The summed E-state index contributed by atoms with van der Waals surface area (Å²) in [7, 11) is 4.30. The van der Waals surface area contributed by atoms with Gasteiger partial charge in [-0.15, -0.1) is 0 Å². The predicted molar refractivity (Wildman–Crippen MR) is 51.6 cm³/mol. The van der Waals surface area contributed by atoms with E-state index in [1.807, 2.05) is 0 Å². The highest BCUT2D eigenvalue weighted by molar-refractivity contribution is 5.76. The van der Waals surface area contributed by atoms with Gasteiger partial charge in [-0.1, -0.05) is 13.8 Å². The molecule has 0 fully saturated rings. The molecule has 0 rings (SSSR count). The van der Waals surface area contributed by atoms with E-state index in [4.69, 9.17) is 15.2 Å². The maximum Gasteiger partial charge on any atom is 0.323 e. The zero-order valence-corrected chi connectivity index (χ0v) is 9.37. The SMILES string of the molecule is COC(=O)C(N)C(C)(C)C(OC)OC. The number of ether oxygens (including phenoxy) is 3. The third-order valence-electron chi connectivity index (χ3n) is 2.29. The molecule has 0 aliphatic carbocycles. The molecule has 1 unspecified atom stereocenters. The largest absolute Gasteiger partial charge is 0.468 e. The molecule has 1 atom stereocenters. The molecule has 0 aromatic rings. The summed E-state index contributed by atoms with van der Waals surface area (Å²) >= 11 is 0. The fourth-order valence-electron chi connectivity index (χ4n) is 1.28. The number of methoxy groups -OCH3 is 3. The van der Waals surface area contributed by atoms with E-state index < -0.39 is 23.7 Å². The van der Waals surface area contributed by atoms with Crippen molar-refractivity contribution < 1.29 is 19.0 Å². The second kappa shape index (κ2) is 5.29. The maximum atomic E-state index is 11.2. The second-order valence-corrected chi connectivity index (χ2v) is 3.63. The Labute approximate surface area is 84.5 Å². The third kappa shape index (κ3) is 2.67. The lowest BCUT2D eigenvalue weighted by Gasteiger charge is -2.35. The van der Waals surface area contributed by atoms with Gasteiger partial charge in [-0.3, -0.25) is 4.79 Å². The van der Waals surface area contributed by atoms with Gasteiger partial charge in [0.1, 0.15) is 6.04 Å². The number of carbonyl (C=O) groups is 1. The molecule has 0 aliphatic rings. The van der Waals surface area contributed by atoms with Crippen molar-refractivity contribution in [1.29, 1.82) is 0 Å². The lowest BCUT2D eigenvalue weighted by Crippen LogP contribution is -2.52. The molecule has 0 aromatic carbocycles. The second-order valence-electron chi connectivity index (χ2n) is 3.63. The first-order chi connectivity index (χ1) is 6.41. The van der Waals surface area contributed by atoms with Crippen molar-refractivity contribution in [2.24, 2.45) is 11.1 Å². The van der Waals surface area contributed by atoms with Crippen LogP contribution in [0.15, 0.2) is 0 Å². The first-order valence-corrected chi connectivity index (χ1v) is 4.30. The number of esters is 1. The van der Waals surface area contributed by atoms with E-state index in [2.05, 4.69) is 4.74 Å². The van der Waals surface area contributed by atoms with Gasteiger partial charge in [0.05, 0.1) is 7.11 Å². The number of carbonyl (C=O) groups excluding carboxylic acids is 1. The fourth-order valence-corrected chi connectivity index (χ4v) is 1.28. The third-order valence-corrected chi connectivity index (χ3v) is 2.29. The summed E-state index contributed by atoms with van der Waals surface area (Å²) in [6.45, 7) is 3.57. The van der Waals surface area contributed by atoms with E-state index in [9.17, 15) is 4.79 Å². The molecule has 0 spiro atoms. The quantitative estimate of drug-likeness (QED) is 0.510. The van der Waals surface area contributed by atoms with Crippen LogP contribution in [0.5, 0.6) is 0 Å². The lowest BCUT2D eigenvalue weighted by molar-refractivity contribution is -0.183. The smallest absolute Gasteiger partial charge is 0.323 e. The summed E-state index contributed by atoms with van der Waals surface area (Å²) in [5, 5.41) is 0. The maximum absolute atomic E-state index is 11.2. The van der Waals surface area contributed by atoms with Crippen LogP contribution in [0.3, 0.4) is 0 Å². The molecule has 0 saturated heterocycles. The Kier molecular flexibility index (Phi) is 5.04. The highest BCUT2D eigenvalue weighted by Crippen LogP contribution is 2.27. The lowest BCUT2D eigenvalue weighted by atomic mass is 9.84. The van der Waals surface area contributed by atoms with Gasteiger partial charge in [0.15, 0.2) is 6.29 Å². The van der Waals surface area contributed by atoms with Crippen molar-refractivity contribution in [2.45, 2.75) is 26.2 Å². The van der Waals surface area contributed by atoms with Gasteiger partial charge in [0, 0.05) is 19.6 Å². The molecule has 0 aliphatic heterocycles. The number of hydrogen-bond donors (Lipinski definition) is 1. The summed E-state index contributed by atoms with van der Waals surface area (Å²) in [6.07, 6.45) is -0.545. The van der Waals surface area contributed by atoms with E-state index >= 15 is 0 Å². The number of rotatable bonds is 5. The van der Waals surface area contributed by atoms with Crippen molar-refractivity contribution in [3.8, 4) is 0 Å². The van der Waals surface area contributed by atoms with E-state index in [1.165, 1.54) is 21.3 Å². The molecule has 5 heteroatoms. The van der Waals surface area contributed by atoms with Crippen LogP contribution in [0.25, 0.3) is 0 Å². The van der Waals surface area contributed by atoms with Crippen molar-refractivity contribution in [3.63, 3.8) is 0 Å². The molecule has 14 heavy (non-hydrogen) atoms. The molecule has 2 N–H and O–H groups in total. The molecular formula is C9H19NO4. The van der Waals surface area contributed by atoms with Crippen molar-refractivity contribution in [3.05, 3.63) is 0 Å². The van der Waals surface area contributed by atoms with Crippen LogP contribution in [-0.2, 0) is 19.0 Å². The monoisotopic (exact) mass is 205 g/mol. The zero-order chi connectivity index (χ0) is 11.4. The van der Waals surface area contributed by atoms with Gasteiger partial charge in [0.2, 0.25) is 0 Å². The van der Waals surface area contributed by atoms with Crippen LogP contribution in [0, 0.1) is 5.41 Å². The Morgan fingerprint density at radius 2 is 1.64 bits per heavy atom. The van der Waals surface area contributed by atoms with Gasteiger partial charge in [-0.2, -0.15) is 0 Å². The summed E-state index contributed by atoms with van der Waals surface area (Å²) in [5.41, 5.74) is 5.08. The summed E-state index contributed by atoms with van der Waals surface area (Å²) < 4.78 is 14.7. The Bertz CT molecular complexity index is 189. The van der Waals surface area contributed by atoms with Gasteiger partial charge < -0.3 is 19.9 Å². The van der Waals surface area contributed by atoms with Crippen LogP contribution in [0.1, 0.15) is 13.8 Å². The molecule has 0 radical (unpaired) electrons. The van der Waals surface area contributed by atoms with Gasteiger partial charge in [0.25, 0.3) is 0 Å². The van der Waals surface area contributed by atoms with E-state index in [-0.39, 0.29) is 0 Å². The molecule has 0 heterocycles. The minimum atomic E-state index is -0.780. The first kappa shape index (κ1) is 13.4. The summed E-state index contributed by atoms with van der Waals surface area (Å²) in [6, 6.07) is -0.780. The molecule has 0 amide bonds. The molecule has 84 valence electrons. The van der Waals surface area contributed by atoms with Crippen LogP contribution >= 0.6 is 0 Å². The average molecular weight is 205 g/mol. The van der Waals surface area contributed by atoms with Gasteiger partial charge in [-0.05, 0) is 0 Å². The van der Waals surface area contributed by atoms with Crippen LogP contribution in [-0.4, -0.2) is 39.6 Å². The number of hydrogen-bond acceptors (Lipinski definition) is 5. The standard InChI is InChI=1S/C9H19NO4/c1-9(2,8(13-4)14-5)6(10)7(11)12-3/h6,8H,10H2,1-5H3. The molecule has 0 saturated carbocycles. The van der Waals surface area contributed by atoms with E-state index in [1.54, 1.807) is 13.8 Å². The van der Waals surface area contributed by atoms with Crippen LogP contribution in [0.4, 0.5) is 0 Å². The van der Waals surface area contributed by atoms with E-state index in [0.717, 1.165) is 0 Å². The van der Waals surface area contributed by atoms with Crippen LogP contribution < -0.4 is 5.73 Å². The minimum absolute atomic E-state index is 0.478. The Balaban J connectivity index is 4.65. The molecule has 0 aromatic heterocycles.